The van der Waals surface area contributed by atoms with Crippen LogP contribution in [0.25, 0.3) is 5.57 Å². The first-order valence-corrected chi connectivity index (χ1v) is 7.94. The number of anilines is 2. The van der Waals surface area contributed by atoms with E-state index < -0.39 is 0 Å². The number of ether oxygens (including phenoxy) is 1. The number of benzene rings is 1. The van der Waals surface area contributed by atoms with Crippen LogP contribution in [0.2, 0.25) is 5.28 Å². The van der Waals surface area contributed by atoms with Crippen molar-refractivity contribution in [3.05, 3.63) is 53.6 Å². The summed E-state index contributed by atoms with van der Waals surface area (Å²) < 4.78 is 5.40. The largest absolute Gasteiger partial charge is 0.366 e. The third-order valence-electron chi connectivity index (χ3n) is 3.16. The maximum absolute atomic E-state index is 7.58. The Kier molecular flexibility index (Phi) is 6.72. The molecule has 126 valence electrons. The van der Waals surface area contributed by atoms with Crippen molar-refractivity contribution < 1.29 is 4.74 Å². The van der Waals surface area contributed by atoms with Crippen LogP contribution in [0.4, 0.5) is 11.5 Å². The van der Waals surface area contributed by atoms with Gasteiger partial charge in [-0.15, -0.1) is 0 Å². The number of aromatic nitrogens is 2. The summed E-state index contributed by atoms with van der Waals surface area (Å²) in [7, 11) is 0. The lowest BCUT2D eigenvalue weighted by atomic mass is 10.1. The van der Waals surface area contributed by atoms with Crippen LogP contribution in [0, 0.1) is 5.41 Å². The Morgan fingerprint density at radius 2 is 2.08 bits per heavy atom. The molecule has 1 atom stereocenters. The lowest BCUT2D eigenvalue weighted by Gasteiger charge is -2.13. The molecule has 0 saturated heterocycles. The molecule has 2 aromatic rings. The summed E-state index contributed by atoms with van der Waals surface area (Å²) in [5.41, 5.74) is 2.55. The minimum Gasteiger partial charge on any atom is -0.366 e. The van der Waals surface area contributed by atoms with Crippen molar-refractivity contribution in [2.45, 2.75) is 20.1 Å². The van der Waals surface area contributed by atoms with Gasteiger partial charge in [-0.1, -0.05) is 12.1 Å². The molecule has 0 radical (unpaired) electrons. The van der Waals surface area contributed by atoms with Crippen molar-refractivity contribution in [1.29, 1.82) is 5.41 Å². The Bertz CT molecular complexity index is 702. The minimum atomic E-state index is -0.103. The number of halogens is 1. The van der Waals surface area contributed by atoms with Crippen LogP contribution in [0.5, 0.6) is 0 Å². The molecular formula is C17H20ClN5O. The predicted molar refractivity (Wildman–Crippen MR) is 97.8 cm³/mol. The van der Waals surface area contributed by atoms with Gasteiger partial charge in [0, 0.05) is 36.5 Å². The Morgan fingerprint density at radius 1 is 1.33 bits per heavy atom. The summed E-state index contributed by atoms with van der Waals surface area (Å²) in [6, 6.07) is 9.41. The molecule has 0 saturated carbocycles. The fourth-order valence-electron chi connectivity index (χ4n) is 2.01. The number of hydrogen-bond donors (Lipinski definition) is 3. The molecule has 0 bridgehead atoms. The van der Waals surface area contributed by atoms with E-state index in [0.717, 1.165) is 16.8 Å². The fraction of sp³-hybridized carbons (Fsp3) is 0.235. The van der Waals surface area contributed by atoms with Crippen LogP contribution in [-0.2, 0) is 4.74 Å². The van der Waals surface area contributed by atoms with E-state index in [2.05, 4.69) is 20.6 Å². The second-order valence-corrected chi connectivity index (χ2v) is 5.26. The highest BCUT2D eigenvalue weighted by Gasteiger charge is 2.02. The topological polar surface area (TPSA) is 82.9 Å². The van der Waals surface area contributed by atoms with Gasteiger partial charge in [0.2, 0.25) is 5.28 Å². The molecule has 0 aliphatic heterocycles. The average Bonchev–Trinajstić information content (AvgIpc) is 2.57. The second-order valence-electron chi connectivity index (χ2n) is 4.92. The van der Waals surface area contributed by atoms with E-state index >= 15 is 0 Å². The van der Waals surface area contributed by atoms with Crippen molar-refractivity contribution in [3.63, 3.8) is 0 Å². The first kappa shape index (κ1) is 17.9. The molecular weight excluding hydrogens is 326 g/mol. The Balaban J connectivity index is 2.06. The number of rotatable bonds is 8. The molecule has 7 heteroatoms. The number of nitrogens with zero attached hydrogens (tertiary/aromatic N) is 2. The third-order valence-corrected chi connectivity index (χ3v) is 3.34. The normalized spacial score (nSPS) is 12.5. The maximum Gasteiger partial charge on any atom is 0.224 e. The van der Waals surface area contributed by atoms with Crippen LogP contribution >= 0.6 is 11.6 Å². The van der Waals surface area contributed by atoms with Crippen LogP contribution in [0.1, 0.15) is 19.4 Å². The third kappa shape index (κ3) is 5.33. The van der Waals surface area contributed by atoms with Gasteiger partial charge in [0.15, 0.2) is 0 Å². The lowest BCUT2D eigenvalue weighted by Crippen LogP contribution is -2.24. The van der Waals surface area contributed by atoms with Crippen molar-refractivity contribution in [3.8, 4) is 0 Å². The molecule has 0 aliphatic carbocycles. The van der Waals surface area contributed by atoms with Gasteiger partial charge in [0.25, 0.3) is 0 Å². The van der Waals surface area contributed by atoms with Crippen molar-refractivity contribution in [2.24, 2.45) is 0 Å². The molecule has 24 heavy (non-hydrogen) atoms. The van der Waals surface area contributed by atoms with Gasteiger partial charge in [0.05, 0.1) is 0 Å². The molecule has 0 spiro atoms. The van der Waals surface area contributed by atoms with Crippen molar-refractivity contribution in [2.75, 3.05) is 11.9 Å². The van der Waals surface area contributed by atoms with E-state index in [-0.39, 0.29) is 11.5 Å². The molecule has 6 nitrogen and oxygen atoms in total. The molecule has 1 unspecified atom stereocenters. The van der Waals surface area contributed by atoms with Gasteiger partial charge < -0.3 is 20.8 Å². The highest BCUT2D eigenvalue weighted by atomic mass is 35.5. The fourth-order valence-corrected chi connectivity index (χ4v) is 2.16. The number of allylic oxidation sites excluding steroid dienone is 1. The first-order valence-electron chi connectivity index (χ1n) is 7.56. The molecule has 0 aliphatic rings. The van der Waals surface area contributed by atoms with E-state index in [9.17, 15) is 0 Å². The Morgan fingerprint density at radius 3 is 2.71 bits per heavy atom. The molecule has 0 fully saturated rings. The standard InChI is InChI=1S/C17H20ClN5O/c1-3-24-12(2)21-11-14(10-19)13-4-6-15(7-5-13)22-16-8-9-20-17(18)23-16/h4-12,19,21H,3H2,1-2H3,(H,20,22,23)/b14-11+,19-10?. The Hall–Kier alpha value is -2.44. The van der Waals surface area contributed by atoms with E-state index in [1.54, 1.807) is 18.5 Å². The van der Waals surface area contributed by atoms with Crippen LogP contribution in [0.15, 0.2) is 42.7 Å². The van der Waals surface area contributed by atoms with Gasteiger partial charge in [-0.05, 0) is 49.2 Å². The molecule has 3 N–H and O–H groups in total. The summed E-state index contributed by atoms with van der Waals surface area (Å²) in [6.45, 7) is 4.49. The highest BCUT2D eigenvalue weighted by Crippen LogP contribution is 2.19. The van der Waals surface area contributed by atoms with E-state index in [4.69, 9.17) is 21.7 Å². The van der Waals surface area contributed by atoms with E-state index in [1.165, 1.54) is 6.21 Å². The summed E-state index contributed by atoms with van der Waals surface area (Å²) in [4.78, 5) is 7.92. The van der Waals surface area contributed by atoms with E-state index in [1.807, 2.05) is 38.1 Å². The van der Waals surface area contributed by atoms with Crippen LogP contribution in [-0.4, -0.2) is 29.0 Å². The van der Waals surface area contributed by atoms with Crippen LogP contribution < -0.4 is 10.6 Å². The average molecular weight is 346 g/mol. The SMILES string of the molecule is CCOC(C)N/C=C(\C=N)c1ccc(Nc2ccnc(Cl)n2)cc1. The van der Waals surface area contributed by atoms with Crippen molar-refractivity contribution >= 4 is 34.9 Å². The van der Waals surface area contributed by atoms with Gasteiger partial charge in [-0.2, -0.15) is 0 Å². The quantitative estimate of drug-likeness (QED) is 0.384. The minimum absolute atomic E-state index is 0.103. The molecule has 1 aromatic carbocycles. The summed E-state index contributed by atoms with van der Waals surface area (Å²) in [5.74, 6) is 0.623. The van der Waals surface area contributed by atoms with Crippen LogP contribution in [0.3, 0.4) is 0 Å². The Labute approximate surface area is 146 Å². The molecule has 1 heterocycles. The molecule has 2 rings (SSSR count). The lowest BCUT2D eigenvalue weighted by molar-refractivity contribution is 0.0622. The van der Waals surface area contributed by atoms with Gasteiger partial charge in [-0.3, -0.25) is 0 Å². The van der Waals surface area contributed by atoms with Gasteiger partial charge in [-0.25, -0.2) is 9.97 Å². The van der Waals surface area contributed by atoms with E-state index in [0.29, 0.717) is 12.4 Å². The second kappa shape index (κ2) is 9.00. The highest BCUT2D eigenvalue weighted by molar-refractivity contribution is 6.28. The zero-order valence-corrected chi connectivity index (χ0v) is 14.3. The zero-order chi connectivity index (χ0) is 17.4. The number of hydrogen-bond acceptors (Lipinski definition) is 6. The summed E-state index contributed by atoms with van der Waals surface area (Å²) >= 11 is 5.77. The molecule has 0 amide bonds. The predicted octanol–water partition coefficient (Wildman–Crippen LogP) is 3.84. The first-order chi connectivity index (χ1) is 11.6. The monoisotopic (exact) mass is 345 g/mol. The zero-order valence-electron chi connectivity index (χ0n) is 13.6. The van der Waals surface area contributed by atoms with Gasteiger partial charge in [0.1, 0.15) is 12.0 Å². The summed E-state index contributed by atoms with van der Waals surface area (Å²) in [5, 5.41) is 14.0. The smallest absolute Gasteiger partial charge is 0.224 e. The number of nitrogens with one attached hydrogen (secondary N) is 3. The van der Waals surface area contributed by atoms with Gasteiger partial charge >= 0.3 is 0 Å². The molecule has 1 aromatic heterocycles. The van der Waals surface area contributed by atoms with Crippen molar-refractivity contribution in [1.82, 2.24) is 15.3 Å². The maximum atomic E-state index is 7.58. The summed E-state index contributed by atoms with van der Waals surface area (Å²) in [6.07, 6.45) is 4.57.